The number of esters is 1. The molecular formula is C21H22FNO5. The molecule has 148 valence electrons. The minimum atomic E-state index is -0.467. The van der Waals surface area contributed by atoms with E-state index < -0.39 is 6.23 Å². The van der Waals surface area contributed by atoms with Gasteiger partial charge < -0.3 is 23.8 Å². The molecule has 0 aliphatic carbocycles. The predicted octanol–water partition coefficient (Wildman–Crippen LogP) is 3.74. The van der Waals surface area contributed by atoms with Gasteiger partial charge in [0, 0.05) is 31.1 Å². The van der Waals surface area contributed by atoms with Gasteiger partial charge in [0.2, 0.25) is 6.79 Å². The Kier molecular flexibility index (Phi) is 5.23. The zero-order valence-corrected chi connectivity index (χ0v) is 15.6. The molecule has 1 saturated heterocycles. The highest BCUT2D eigenvalue weighted by atomic mass is 19.1. The summed E-state index contributed by atoms with van der Waals surface area (Å²) < 4.78 is 35.6. The molecule has 2 aromatic carbocycles. The molecule has 2 aliphatic rings. The molecule has 0 N–H and O–H groups in total. The van der Waals surface area contributed by atoms with Gasteiger partial charge in [-0.05, 0) is 49.2 Å². The molecule has 6 nitrogen and oxygen atoms in total. The van der Waals surface area contributed by atoms with Gasteiger partial charge in [0.15, 0.2) is 17.7 Å². The van der Waals surface area contributed by atoms with Gasteiger partial charge in [-0.25, -0.2) is 4.39 Å². The van der Waals surface area contributed by atoms with Gasteiger partial charge in [0.25, 0.3) is 0 Å². The Bertz CT molecular complexity index is 841. The summed E-state index contributed by atoms with van der Waals surface area (Å²) >= 11 is 0. The number of benzene rings is 2. The molecule has 0 spiro atoms. The molecule has 28 heavy (non-hydrogen) atoms. The van der Waals surface area contributed by atoms with E-state index in [4.69, 9.17) is 18.9 Å². The van der Waals surface area contributed by atoms with Crippen molar-refractivity contribution in [3.8, 4) is 17.2 Å². The Morgan fingerprint density at radius 2 is 1.96 bits per heavy atom. The quantitative estimate of drug-likeness (QED) is 0.729. The first-order valence-corrected chi connectivity index (χ1v) is 9.32. The van der Waals surface area contributed by atoms with E-state index in [1.54, 1.807) is 18.2 Å². The van der Waals surface area contributed by atoms with Crippen LogP contribution < -0.4 is 19.1 Å². The highest BCUT2D eigenvalue weighted by Gasteiger charge is 2.35. The van der Waals surface area contributed by atoms with Crippen molar-refractivity contribution < 1.29 is 28.1 Å². The van der Waals surface area contributed by atoms with E-state index in [1.807, 2.05) is 17.0 Å². The summed E-state index contributed by atoms with van der Waals surface area (Å²) in [7, 11) is 0. The first-order chi connectivity index (χ1) is 13.6. The van der Waals surface area contributed by atoms with E-state index in [9.17, 15) is 9.18 Å². The average Bonchev–Trinajstić information content (AvgIpc) is 3.15. The van der Waals surface area contributed by atoms with Crippen LogP contribution in [0.3, 0.4) is 0 Å². The number of rotatable bonds is 5. The zero-order chi connectivity index (χ0) is 19.5. The number of nitrogens with zero attached hydrogens (tertiary/aromatic N) is 1. The normalized spacial score (nSPS) is 20.7. The van der Waals surface area contributed by atoms with Crippen LogP contribution in [-0.4, -0.2) is 32.1 Å². The Labute approximate surface area is 162 Å². The van der Waals surface area contributed by atoms with Crippen molar-refractivity contribution in [2.24, 2.45) is 5.92 Å². The van der Waals surface area contributed by atoms with Crippen LogP contribution in [0.1, 0.15) is 19.8 Å². The lowest BCUT2D eigenvalue weighted by atomic mass is 9.95. The molecule has 0 aromatic heterocycles. The third kappa shape index (κ3) is 3.98. The summed E-state index contributed by atoms with van der Waals surface area (Å²) in [6, 6.07) is 11.7. The van der Waals surface area contributed by atoms with Gasteiger partial charge >= 0.3 is 5.97 Å². The number of halogens is 1. The number of hydrogen-bond donors (Lipinski definition) is 0. The lowest BCUT2D eigenvalue weighted by Crippen LogP contribution is -2.49. The van der Waals surface area contributed by atoms with Crippen LogP contribution >= 0.6 is 0 Å². The van der Waals surface area contributed by atoms with Crippen LogP contribution in [0.5, 0.6) is 17.2 Å². The second-order valence-corrected chi connectivity index (χ2v) is 6.90. The van der Waals surface area contributed by atoms with E-state index in [2.05, 4.69) is 0 Å². The number of anilines is 1. The molecule has 1 fully saturated rings. The fraction of sp³-hybridized carbons (Fsp3) is 0.381. The number of ether oxygens (including phenoxy) is 4. The molecule has 7 heteroatoms. The average molecular weight is 387 g/mol. The van der Waals surface area contributed by atoms with Crippen LogP contribution in [0.2, 0.25) is 0 Å². The van der Waals surface area contributed by atoms with E-state index >= 15 is 0 Å². The third-order valence-electron chi connectivity index (χ3n) is 4.94. The van der Waals surface area contributed by atoms with Gasteiger partial charge in [-0.3, -0.25) is 4.79 Å². The molecule has 0 bridgehead atoms. The maximum atomic E-state index is 13.3. The standard InChI is InChI=1S/C21H22FNO5/c1-14(24)28-21-15(3-2-10-23(21)17-6-4-16(22)5-7-17)12-25-18-8-9-19-20(11-18)27-13-26-19/h4-9,11,15,21H,2-3,10,12-13H2,1H3. The smallest absolute Gasteiger partial charge is 0.304 e. The minimum Gasteiger partial charge on any atom is -0.493 e. The first kappa shape index (κ1) is 18.4. The Morgan fingerprint density at radius 1 is 1.18 bits per heavy atom. The van der Waals surface area contributed by atoms with Crippen LogP contribution in [0.4, 0.5) is 10.1 Å². The highest BCUT2D eigenvalue weighted by molar-refractivity contribution is 5.66. The van der Waals surface area contributed by atoms with Crippen LogP contribution in [0.25, 0.3) is 0 Å². The van der Waals surface area contributed by atoms with Gasteiger partial charge in [-0.15, -0.1) is 0 Å². The van der Waals surface area contributed by atoms with Crippen molar-refractivity contribution in [1.29, 1.82) is 0 Å². The lowest BCUT2D eigenvalue weighted by molar-refractivity contribution is -0.150. The fourth-order valence-electron chi connectivity index (χ4n) is 3.62. The van der Waals surface area contributed by atoms with Crippen molar-refractivity contribution in [2.75, 3.05) is 24.8 Å². The maximum absolute atomic E-state index is 13.3. The van der Waals surface area contributed by atoms with Gasteiger partial charge in [-0.1, -0.05) is 0 Å². The summed E-state index contributed by atoms with van der Waals surface area (Å²) in [6.07, 6.45) is 1.32. The summed E-state index contributed by atoms with van der Waals surface area (Å²) in [6.45, 7) is 2.72. The Balaban J connectivity index is 1.49. The molecular weight excluding hydrogens is 365 g/mol. The molecule has 2 aromatic rings. The largest absolute Gasteiger partial charge is 0.493 e. The van der Waals surface area contributed by atoms with Crippen LogP contribution in [0, 0.1) is 11.7 Å². The summed E-state index contributed by atoms with van der Waals surface area (Å²) in [5.41, 5.74) is 0.820. The van der Waals surface area contributed by atoms with Gasteiger partial charge in [-0.2, -0.15) is 0 Å². The first-order valence-electron chi connectivity index (χ1n) is 9.32. The number of fused-ring (bicyclic) bond motifs is 1. The van der Waals surface area contributed by atoms with Crippen molar-refractivity contribution in [2.45, 2.75) is 26.0 Å². The van der Waals surface area contributed by atoms with E-state index in [0.29, 0.717) is 23.9 Å². The molecule has 2 heterocycles. The molecule has 0 saturated carbocycles. The number of hydrogen-bond acceptors (Lipinski definition) is 6. The fourth-order valence-corrected chi connectivity index (χ4v) is 3.62. The summed E-state index contributed by atoms with van der Waals surface area (Å²) in [4.78, 5) is 13.7. The molecule has 0 radical (unpaired) electrons. The second kappa shape index (κ2) is 7.96. The second-order valence-electron chi connectivity index (χ2n) is 6.90. The van der Waals surface area contributed by atoms with Crippen molar-refractivity contribution in [3.63, 3.8) is 0 Å². The molecule has 0 amide bonds. The SMILES string of the molecule is CC(=O)OC1C(COc2ccc3c(c2)OCO3)CCCN1c1ccc(F)cc1. The highest BCUT2D eigenvalue weighted by Crippen LogP contribution is 2.36. The summed E-state index contributed by atoms with van der Waals surface area (Å²) in [5.74, 6) is 1.35. The zero-order valence-electron chi connectivity index (χ0n) is 15.6. The molecule has 2 atom stereocenters. The number of piperidine rings is 1. The number of carbonyl (C=O) groups is 1. The Morgan fingerprint density at radius 3 is 2.75 bits per heavy atom. The molecule has 2 unspecified atom stereocenters. The van der Waals surface area contributed by atoms with Gasteiger partial charge in [0.05, 0.1) is 6.61 Å². The lowest BCUT2D eigenvalue weighted by Gasteiger charge is -2.41. The maximum Gasteiger partial charge on any atom is 0.304 e. The molecule has 2 aliphatic heterocycles. The van der Waals surface area contributed by atoms with Crippen molar-refractivity contribution in [3.05, 3.63) is 48.3 Å². The minimum absolute atomic E-state index is 0.0203. The Hall–Kier alpha value is -2.96. The van der Waals surface area contributed by atoms with Crippen LogP contribution in [0.15, 0.2) is 42.5 Å². The van der Waals surface area contributed by atoms with E-state index in [-0.39, 0.29) is 24.5 Å². The molecule has 4 rings (SSSR count). The number of carbonyl (C=O) groups excluding carboxylic acids is 1. The third-order valence-corrected chi connectivity index (χ3v) is 4.94. The monoisotopic (exact) mass is 387 g/mol. The van der Waals surface area contributed by atoms with E-state index in [0.717, 1.165) is 25.1 Å². The van der Waals surface area contributed by atoms with E-state index in [1.165, 1.54) is 19.1 Å². The van der Waals surface area contributed by atoms with Gasteiger partial charge in [0.1, 0.15) is 11.6 Å². The summed E-state index contributed by atoms with van der Waals surface area (Å²) in [5, 5.41) is 0. The predicted molar refractivity (Wildman–Crippen MR) is 100 cm³/mol. The topological polar surface area (TPSA) is 57.2 Å². The van der Waals surface area contributed by atoms with Crippen molar-refractivity contribution >= 4 is 11.7 Å². The van der Waals surface area contributed by atoms with Crippen molar-refractivity contribution in [1.82, 2.24) is 0 Å². The van der Waals surface area contributed by atoms with Crippen LogP contribution in [-0.2, 0) is 9.53 Å².